The smallest absolute Gasteiger partial charge is 0.261 e. The minimum absolute atomic E-state index is 0.107. The van der Waals surface area contributed by atoms with Crippen molar-refractivity contribution in [1.29, 1.82) is 0 Å². The third-order valence-corrected chi connectivity index (χ3v) is 4.65. The molecule has 2 aromatic rings. The van der Waals surface area contributed by atoms with Crippen LogP contribution >= 0.6 is 11.3 Å². The number of fused-ring (bicyclic) bond motifs is 1. The molecule has 1 unspecified atom stereocenters. The van der Waals surface area contributed by atoms with Crippen LogP contribution < -0.4 is 10.9 Å². The maximum absolute atomic E-state index is 12.2. The zero-order valence-electron chi connectivity index (χ0n) is 11.1. The van der Waals surface area contributed by atoms with Gasteiger partial charge in [-0.05, 0) is 25.3 Å². The van der Waals surface area contributed by atoms with Crippen LogP contribution in [-0.4, -0.2) is 35.1 Å². The van der Waals surface area contributed by atoms with Gasteiger partial charge < -0.3 is 15.0 Å². The Morgan fingerprint density at radius 2 is 2.50 bits per heavy atom. The van der Waals surface area contributed by atoms with Crippen LogP contribution in [-0.2, 0) is 4.74 Å². The number of carbonyl (C=O) groups excluding carboxylic acids is 1. The first kappa shape index (κ1) is 13.3. The maximum Gasteiger partial charge on any atom is 0.261 e. The molecule has 1 aliphatic heterocycles. The Labute approximate surface area is 119 Å². The molecule has 0 saturated carbocycles. The molecule has 2 aromatic heterocycles. The van der Waals surface area contributed by atoms with Crippen molar-refractivity contribution in [3.05, 3.63) is 27.1 Å². The van der Waals surface area contributed by atoms with Crippen molar-refractivity contribution in [2.24, 2.45) is 0 Å². The molecule has 0 spiro atoms. The SMILES string of the molecule is Cc1c(C(=O)NCC2CCCO2)sc2nc[nH]c(=O)c12. The van der Waals surface area contributed by atoms with Gasteiger partial charge in [0.05, 0.1) is 22.7 Å². The number of aryl methyl sites for hydroxylation is 1. The van der Waals surface area contributed by atoms with Crippen molar-refractivity contribution in [2.75, 3.05) is 13.2 Å². The van der Waals surface area contributed by atoms with E-state index in [4.69, 9.17) is 4.74 Å². The van der Waals surface area contributed by atoms with Gasteiger partial charge in [-0.1, -0.05) is 0 Å². The summed E-state index contributed by atoms with van der Waals surface area (Å²) in [5, 5.41) is 3.37. The van der Waals surface area contributed by atoms with Gasteiger partial charge in [-0.25, -0.2) is 4.98 Å². The van der Waals surface area contributed by atoms with Crippen molar-refractivity contribution in [1.82, 2.24) is 15.3 Å². The minimum atomic E-state index is -0.207. The van der Waals surface area contributed by atoms with Crippen LogP contribution in [0.25, 0.3) is 10.2 Å². The second-order valence-electron chi connectivity index (χ2n) is 4.81. The van der Waals surface area contributed by atoms with Gasteiger partial charge in [0, 0.05) is 13.2 Å². The fraction of sp³-hybridized carbons (Fsp3) is 0.462. The number of aromatic amines is 1. The van der Waals surface area contributed by atoms with Crippen LogP contribution in [0, 0.1) is 6.92 Å². The summed E-state index contributed by atoms with van der Waals surface area (Å²) in [6.45, 7) is 3.05. The van der Waals surface area contributed by atoms with Gasteiger partial charge in [-0.2, -0.15) is 0 Å². The van der Waals surface area contributed by atoms with E-state index >= 15 is 0 Å². The largest absolute Gasteiger partial charge is 0.376 e. The first-order valence-corrected chi connectivity index (χ1v) is 7.35. The lowest BCUT2D eigenvalue weighted by atomic mass is 10.2. The van der Waals surface area contributed by atoms with Gasteiger partial charge in [-0.3, -0.25) is 9.59 Å². The van der Waals surface area contributed by atoms with Crippen molar-refractivity contribution in [3.63, 3.8) is 0 Å². The fourth-order valence-electron chi connectivity index (χ4n) is 2.39. The van der Waals surface area contributed by atoms with E-state index in [1.807, 2.05) is 0 Å². The van der Waals surface area contributed by atoms with Crippen LogP contribution in [0.4, 0.5) is 0 Å². The van der Waals surface area contributed by atoms with E-state index in [9.17, 15) is 9.59 Å². The Morgan fingerprint density at radius 3 is 3.20 bits per heavy atom. The molecule has 1 fully saturated rings. The highest BCUT2D eigenvalue weighted by Gasteiger charge is 2.20. The lowest BCUT2D eigenvalue weighted by molar-refractivity contribution is 0.0860. The lowest BCUT2D eigenvalue weighted by Gasteiger charge is -2.10. The van der Waals surface area contributed by atoms with Gasteiger partial charge in [0.2, 0.25) is 0 Å². The number of nitrogens with one attached hydrogen (secondary N) is 2. The summed E-state index contributed by atoms with van der Waals surface area (Å²) in [6, 6.07) is 0. The molecule has 2 N–H and O–H groups in total. The Bertz CT molecular complexity index is 700. The Kier molecular flexibility index (Phi) is 3.54. The van der Waals surface area contributed by atoms with Gasteiger partial charge in [0.15, 0.2) is 0 Å². The first-order valence-electron chi connectivity index (χ1n) is 6.53. The summed E-state index contributed by atoms with van der Waals surface area (Å²) < 4.78 is 5.47. The van der Waals surface area contributed by atoms with Crippen molar-refractivity contribution in [3.8, 4) is 0 Å². The van der Waals surface area contributed by atoms with Crippen molar-refractivity contribution >= 4 is 27.5 Å². The molecule has 6 nitrogen and oxygen atoms in total. The standard InChI is InChI=1S/C13H15N3O3S/c1-7-9-11(17)15-6-16-13(9)20-10(7)12(18)14-5-8-3-2-4-19-8/h6,8H,2-5H2,1H3,(H,14,18)(H,15,16,17). The molecule has 0 radical (unpaired) electrons. The molecular weight excluding hydrogens is 278 g/mol. The molecule has 20 heavy (non-hydrogen) atoms. The van der Waals surface area contributed by atoms with Gasteiger partial charge in [0.1, 0.15) is 4.83 Å². The molecular formula is C13H15N3O3S. The molecule has 1 saturated heterocycles. The number of rotatable bonds is 3. The molecule has 3 heterocycles. The van der Waals surface area contributed by atoms with E-state index in [1.54, 1.807) is 6.92 Å². The van der Waals surface area contributed by atoms with E-state index in [-0.39, 0.29) is 17.6 Å². The van der Waals surface area contributed by atoms with Crippen molar-refractivity contribution < 1.29 is 9.53 Å². The topological polar surface area (TPSA) is 84.1 Å². The number of amides is 1. The molecule has 1 atom stereocenters. The summed E-state index contributed by atoms with van der Waals surface area (Å²) in [4.78, 5) is 31.7. The highest BCUT2D eigenvalue weighted by atomic mass is 32.1. The fourth-order valence-corrected chi connectivity index (χ4v) is 3.45. The molecule has 1 aliphatic rings. The minimum Gasteiger partial charge on any atom is -0.376 e. The molecule has 1 amide bonds. The first-order chi connectivity index (χ1) is 9.66. The Balaban J connectivity index is 1.82. The average Bonchev–Trinajstić information content (AvgIpc) is 3.05. The van der Waals surface area contributed by atoms with E-state index in [0.717, 1.165) is 19.4 Å². The van der Waals surface area contributed by atoms with E-state index in [2.05, 4.69) is 15.3 Å². The van der Waals surface area contributed by atoms with Crippen LogP contribution in [0.5, 0.6) is 0 Å². The number of hydrogen-bond donors (Lipinski definition) is 2. The molecule has 106 valence electrons. The normalized spacial score (nSPS) is 18.6. The van der Waals surface area contributed by atoms with E-state index < -0.39 is 0 Å². The van der Waals surface area contributed by atoms with Gasteiger partial charge in [0.25, 0.3) is 11.5 Å². The van der Waals surface area contributed by atoms with Crippen LogP contribution in [0.1, 0.15) is 28.1 Å². The second kappa shape index (κ2) is 5.34. The monoisotopic (exact) mass is 293 g/mol. The van der Waals surface area contributed by atoms with Crippen LogP contribution in [0.2, 0.25) is 0 Å². The Hall–Kier alpha value is -1.73. The second-order valence-corrected chi connectivity index (χ2v) is 5.81. The summed E-state index contributed by atoms with van der Waals surface area (Å²) in [6.07, 6.45) is 3.48. The molecule has 0 aliphatic carbocycles. The average molecular weight is 293 g/mol. The zero-order chi connectivity index (χ0) is 14.1. The van der Waals surface area contributed by atoms with Crippen molar-refractivity contribution in [2.45, 2.75) is 25.9 Å². The molecule has 0 bridgehead atoms. The number of aromatic nitrogens is 2. The van der Waals surface area contributed by atoms with Crippen LogP contribution in [0.3, 0.4) is 0 Å². The number of carbonyl (C=O) groups is 1. The Morgan fingerprint density at radius 1 is 1.65 bits per heavy atom. The van der Waals surface area contributed by atoms with E-state index in [0.29, 0.717) is 27.2 Å². The predicted molar refractivity (Wildman–Crippen MR) is 76.3 cm³/mol. The van der Waals surface area contributed by atoms with Gasteiger partial charge in [-0.15, -0.1) is 11.3 Å². The highest BCUT2D eigenvalue weighted by Crippen LogP contribution is 2.26. The number of nitrogens with zero attached hydrogens (tertiary/aromatic N) is 1. The maximum atomic E-state index is 12.2. The third-order valence-electron chi connectivity index (χ3n) is 3.45. The zero-order valence-corrected chi connectivity index (χ0v) is 11.9. The number of ether oxygens (including phenoxy) is 1. The molecule has 7 heteroatoms. The van der Waals surface area contributed by atoms with E-state index in [1.165, 1.54) is 17.7 Å². The quantitative estimate of drug-likeness (QED) is 0.890. The van der Waals surface area contributed by atoms with Crippen LogP contribution in [0.15, 0.2) is 11.1 Å². The number of H-pyrrole nitrogens is 1. The summed E-state index contributed by atoms with van der Waals surface area (Å²) in [5.41, 5.74) is 0.478. The predicted octanol–water partition coefficient (Wildman–Crippen LogP) is 1.20. The third kappa shape index (κ3) is 2.34. The van der Waals surface area contributed by atoms with Gasteiger partial charge >= 0.3 is 0 Å². The molecule has 3 rings (SSSR count). The number of hydrogen-bond acceptors (Lipinski definition) is 5. The summed E-state index contributed by atoms with van der Waals surface area (Å²) in [5.74, 6) is -0.166. The summed E-state index contributed by atoms with van der Waals surface area (Å²) >= 11 is 1.24. The molecule has 0 aromatic carbocycles. The highest BCUT2D eigenvalue weighted by molar-refractivity contribution is 7.20. The number of thiophene rings is 1. The summed E-state index contributed by atoms with van der Waals surface area (Å²) in [7, 11) is 0. The lowest BCUT2D eigenvalue weighted by Crippen LogP contribution is -2.31.